The standard InChI is InChI=1S/C16H20N2O2/c1-3-17-12-13-9-10-18-16(11-13)20-15-7-5-14(6-8-15)19-4-2/h5-11,17H,3-4,12H2,1-2H3. The molecule has 0 spiro atoms. The highest BCUT2D eigenvalue weighted by Crippen LogP contribution is 2.22. The first kappa shape index (κ1) is 14.3. The van der Waals surface area contributed by atoms with Crippen molar-refractivity contribution >= 4 is 0 Å². The summed E-state index contributed by atoms with van der Waals surface area (Å²) in [4.78, 5) is 4.22. The van der Waals surface area contributed by atoms with Gasteiger partial charge in [0.25, 0.3) is 0 Å². The molecule has 0 saturated heterocycles. The Morgan fingerprint density at radius 3 is 2.50 bits per heavy atom. The van der Waals surface area contributed by atoms with Crippen molar-refractivity contribution in [2.45, 2.75) is 20.4 Å². The molecule has 0 bridgehead atoms. The minimum Gasteiger partial charge on any atom is -0.494 e. The Morgan fingerprint density at radius 2 is 1.80 bits per heavy atom. The summed E-state index contributed by atoms with van der Waals surface area (Å²) < 4.78 is 11.1. The van der Waals surface area contributed by atoms with Gasteiger partial charge in [-0.3, -0.25) is 0 Å². The summed E-state index contributed by atoms with van der Waals surface area (Å²) in [6.45, 7) is 6.47. The smallest absolute Gasteiger partial charge is 0.219 e. The molecular weight excluding hydrogens is 252 g/mol. The van der Waals surface area contributed by atoms with E-state index in [1.54, 1.807) is 6.20 Å². The van der Waals surface area contributed by atoms with Crippen LogP contribution in [0.1, 0.15) is 19.4 Å². The first-order chi connectivity index (χ1) is 9.81. The first-order valence-corrected chi connectivity index (χ1v) is 6.88. The van der Waals surface area contributed by atoms with Crippen LogP contribution in [0.15, 0.2) is 42.6 Å². The first-order valence-electron chi connectivity index (χ1n) is 6.88. The van der Waals surface area contributed by atoms with Crippen molar-refractivity contribution in [1.82, 2.24) is 10.3 Å². The number of ether oxygens (including phenoxy) is 2. The van der Waals surface area contributed by atoms with Gasteiger partial charge in [0.1, 0.15) is 11.5 Å². The largest absolute Gasteiger partial charge is 0.494 e. The van der Waals surface area contributed by atoms with Gasteiger partial charge in [0.05, 0.1) is 6.61 Å². The third kappa shape index (κ3) is 4.24. The average molecular weight is 272 g/mol. The van der Waals surface area contributed by atoms with Crippen molar-refractivity contribution in [3.8, 4) is 17.4 Å². The fourth-order valence-electron chi connectivity index (χ4n) is 1.78. The Balaban J connectivity index is 2.01. The van der Waals surface area contributed by atoms with Crippen molar-refractivity contribution in [2.24, 2.45) is 0 Å². The fraction of sp³-hybridized carbons (Fsp3) is 0.312. The molecule has 2 rings (SSSR count). The highest BCUT2D eigenvalue weighted by molar-refractivity contribution is 5.34. The van der Waals surface area contributed by atoms with E-state index in [0.717, 1.165) is 30.2 Å². The lowest BCUT2D eigenvalue weighted by Crippen LogP contribution is -2.11. The molecule has 0 radical (unpaired) electrons. The molecule has 0 amide bonds. The summed E-state index contributed by atoms with van der Waals surface area (Å²) in [6, 6.07) is 11.5. The predicted molar refractivity (Wildman–Crippen MR) is 79.3 cm³/mol. The van der Waals surface area contributed by atoms with Crippen LogP contribution in [-0.2, 0) is 6.54 Å². The number of pyridine rings is 1. The lowest BCUT2D eigenvalue weighted by Gasteiger charge is -2.08. The van der Waals surface area contributed by atoms with Crippen LogP contribution in [0.3, 0.4) is 0 Å². The number of hydrogen-bond donors (Lipinski definition) is 1. The van der Waals surface area contributed by atoms with Crippen LogP contribution in [0.2, 0.25) is 0 Å². The molecule has 0 aliphatic carbocycles. The van der Waals surface area contributed by atoms with Crippen LogP contribution in [0, 0.1) is 0 Å². The van der Waals surface area contributed by atoms with Gasteiger partial charge in [-0.15, -0.1) is 0 Å². The quantitative estimate of drug-likeness (QED) is 0.839. The molecule has 20 heavy (non-hydrogen) atoms. The number of rotatable bonds is 7. The molecule has 1 aromatic heterocycles. The van der Waals surface area contributed by atoms with Crippen molar-refractivity contribution < 1.29 is 9.47 Å². The molecule has 0 atom stereocenters. The molecule has 1 N–H and O–H groups in total. The molecule has 0 aliphatic rings. The Bertz CT molecular complexity index is 526. The zero-order valence-electron chi connectivity index (χ0n) is 11.9. The minimum absolute atomic E-state index is 0.601. The topological polar surface area (TPSA) is 43.4 Å². The highest BCUT2D eigenvalue weighted by Gasteiger charge is 2.01. The van der Waals surface area contributed by atoms with Crippen LogP contribution in [0.4, 0.5) is 0 Å². The fourth-order valence-corrected chi connectivity index (χ4v) is 1.78. The number of hydrogen-bond acceptors (Lipinski definition) is 4. The van der Waals surface area contributed by atoms with E-state index in [9.17, 15) is 0 Å². The van der Waals surface area contributed by atoms with Gasteiger partial charge >= 0.3 is 0 Å². The zero-order chi connectivity index (χ0) is 14.2. The molecule has 2 aromatic rings. The van der Waals surface area contributed by atoms with E-state index in [1.165, 1.54) is 0 Å². The summed E-state index contributed by atoms with van der Waals surface area (Å²) >= 11 is 0. The number of benzene rings is 1. The summed E-state index contributed by atoms with van der Waals surface area (Å²) in [5.74, 6) is 2.19. The zero-order valence-corrected chi connectivity index (χ0v) is 11.9. The van der Waals surface area contributed by atoms with Crippen LogP contribution < -0.4 is 14.8 Å². The Morgan fingerprint density at radius 1 is 1.05 bits per heavy atom. The molecule has 0 unspecified atom stereocenters. The van der Waals surface area contributed by atoms with E-state index in [2.05, 4.69) is 17.2 Å². The Kier molecular flexibility index (Phi) is 5.38. The molecule has 1 aromatic carbocycles. The predicted octanol–water partition coefficient (Wildman–Crippen LogP) is 3.38. The van der Waals surface area contributed by atoms with Gasteiger partial charge in [0.15, 0.2) is 0 Å². The van der Waals surface area contributed by atoms with E-state index in [4.69, 9.17) is 9.47 Å². The maximum Gasteiger partial charge on any atom is 0.219 e. The maximum absolute atomic E-state index is 5.74. The normalized spacial score (nSPS) is 10.3. The van der Waals surface area contributed by atoms with Gasteiger partial charge in [-0.25, -0.2) is 4.98 Å². The number of nitrogens with zero attached hydrogens (tertiary/aromatic N) is 1. The highest BCUT2D eigenvalue weighted by atomic mass is 16.5. The Labute approximate surface area is 119 Å². The summed E-state index contributed by atoms with van der Waals surface area (Å²) in [5, 5.41) is 3.28. The van der Waals surface area contributed by atoms with Crippen LogP contribution in [-0.4, -0.2) is 18.1 Å². The van der Waals surface area contributed by atoms with Gasteiger partial charge in [0, 0.05) is 18.8 Å². The minimum atomic E-state index is 0.601. The second-order valence-electron chi connectivity index (χ2n) is 4.29. The average Bonchev–Trinajstić information content (AvgIpc) is 2.48. The summed E-state index contributed by atoms with van der Waals surface area (Å²) in [6.07, 6.45) is 1.76. The molecule has 0 saturated carbocycles. The van der Waals surface area contributed by atoms with E-state index >= 15 is 0 Å². The third-order valence-corrected chi connectivity index (χ3v) is 2.74. The van der Waals surface area contributed by atoms with E-state index < -0.39 is 0 Å². The second-order valence-corrected chi connectivity index (χ2v) is 4.29. The SMILES string of the molecule is CCNCc1ccnc(Oc2ccc(OCC)cc2)c1. The van der Waals surface area contributed by atoms with Crippen LogP contribution >= 0.6 is 0 Å². The molecule has 4 heteroatoms. The molecule has 0 fully saturated rings. The van der Waals surface area contributed by atoms with Gasteiger partial charge in [-0.05, 0) is 49.4 Å². The van der Waals surface area contributed by atoms with Gasteiger partial charge in [-0.2, -0.15) is 0 Å². The van der Waals surface area contributed by atoms with Gasteiger partial charge < -0.3 is 14.8 Å². The Hall–Kier alpha value is -2.07. The summed E-state index contributed by atoms with van der Waals surface area (Å²) in [5.41, 5.74) is 1.16. The molecule has 0 aliphatic heterocycles. The van der Waals surface area contributed by atoms with Gasteiger partial charge in [-0.1, -0.05) is 6.92 Å². The van der Waals surface area contributed by atoms with Gasteiger partial charge in [0.2, 0.25) is 5.88 Å². The van der Waals surface area contributed by atoms with Crippen LogP contribution in [0.25, 0.3) is 0 Å². The molecular formula is C16H20N2O2. The monoisotopic (exact) mass is 272 g/mol. The van der Waals surface area contributed by atoms with E-state index in [0.29, 0.717) is 12.5 Å². The van der Waals surface area contributed by atoms with E-state index in [-0.39, 0.29) is 0 Å². The number of nitrogens with one attached hydrogen (secondary N) is 1. The van der Waals surface area contributed by atoms with Crippen molar-refractivity contribution in [1.29, 1.82) is 0 Å². The molecule has 1 heterocycles. The summed E-state index contributed by atoms with van der Waals surface area (Å²) in [7, 11) is 0. The number of aromatic nitrogens is 1. The van der Waals surface area contributed by atoms with Crippen molar-refractivity contribution in [3.05, 3.63) is 48.2 Å². The van der Waals surface area contributed by atoms with Crippen molar-refractivity contribution in [2.75, 3.05) is 13.2 Å². The van der Waals surface area contributed by atoms with Crippen LogP contribution in [0.5, 0.6) is 17.4 Å². The maximum atomic E-state index is 5.74. The van der Waals surface area contributed by atoms with E-state index in [1.807, 2.05) is 43.3 Å². The van der Waals surface area contributed by atoms with Crippen molar-refractivity contribution in [3.63, 3.8) is 0 Å². The molecule has 106 valence electrons. The second kappa shape index (κ2) is 7.50. The lowest BCUT2D eigenvalue weighted by molar-refractivity contribution is 0.339. The molecule has 4 nitrogen and oxygen atoms in total. The lowest BCUT2D eigenvalue weighted by atomic mass is 10.2. The third-order valence-electron chi connectivity index (χ3n) is 2.74.